The summed E-state index contributed by atoms with van der Waals surface area (Å²) in [6, 6.07) is 7.61. The zero-order chi connectivity index (χ0) is 12.6. The van der Waals surface area contributed by atoms with Gasteiger partial charge in [0.2, 0.25) is 6.79 Å². The van der Waals surface area contributed by atoms with Crippen LogP contribution >= 0.6 is 0 Å². The monoisotopic (exact) mass is 243 g/mol. The zero-order valence-corrected chi connectivity index (χ0v) is 9.94. The third-order valence-corrected chi connectivity index (χ3v) is 3.91. The summed E-state index contributed by atoms with van der Waals surface area (Å²) in [6.45, 7) is 0.234. The summed E-state index contributed by atoms with van der Waals surface area (Å²) in [4.78, 5) is 12.2. The third-order valence-electron chi connectivity index (χ3n) is 3.91. The fourth-order valence-corrected chi connectivity index (χ4v) is 2.69. The van der Waals surface area contributed by atoms with Gasteiger partial charge in [-0.2, -0.15) is 5.26 Å². The van der Waals surface area contributed by atoms with Crippen molar-refractivity contribution in [3.63, 3.8) is 0 Å². The maximum atomic E-state index is 12.2. The summed E-state index contributed by atoms with van der Waals surface area (Å²) in [5, 5.41) is 8.71. The highest BCUT2D eigenvalue weighted by molar-refractivity contribution is 5.92. The Bertz CT molecular complexity index is 540. The number of hydrogen-bond donors (Lipinski definition) is 0. The molecule has 0 aromatic heterocycles. The zero-order valence-electron chi connectivity index (χ0n) is 9.94. The van der Waals surface area contributed by atoms with E-state index in [0.717, 1.165) is 30.6 Å². The van der Waals surface area contributed by atoms with Crippen LogP contribution in [0.25, 0.3) is 0 Å². The first-order chi connectivity index (χ1) is 8.76. The summed E-state index contributed by atoms with van der Waals surface area (Å²) >= 11 is 0. The number of hydrogen-bond acceptors (Lipinski definition) is 4. The van der Waals surface area contributed by atoms with E-state index in [1.807, 2.05) is 24.3 Å². The molecule has 0 spiro atoms. The Morgan fingerprint density at radius 1 is 1.33 bits per heavy atom. The molecule has 1 heterocycles. The lowest BCUT2D eigenvalue weighted by molar-refractivity contribution is -0.126. The van der Waals surface area contributed by atoms with Crippen molar-refractivity contribution in [2.24, 2.45) is 0 Å². The van der Waals surface area contributed by atoms with E-state index in [-0.39, 0.29) is 19.0 Å². The number of nitriles is 1. The number of nitrogens with zero attached hydrogens (tertiary/aromatic N) is 1. The molecule has 18 heavy (non-hydrogen) atoms. The van der Waals surface area contributed by atoms with Gasteiger partial charge in [0, 0.05) is 0 Å². The smallest absolute Gasteiger partial charge is 0.231 e. The molecule has 0 amide bonds. The summed E-state index contributed by atoms with van der Waals surface area (Å²) in [5.41, 5.74) is 0.495. The number of carbonyl (C=O) groups is 1. The van der Waals surface area contributed by atoms with E-state index >= 15 is 0 Å². The minimum atomic E-state index is -0.462. The SMILES string of the molecule is N#CCC(=O)C1(c2ccc3c(c2)OCO3)CCC1. The lowest BCUT2D eigenvalue weighted by Gasteiger charge is -2.40. The molecule has 0 bridgehead atoms. The van der Waals surface area contributed by atoms with Crippen molar-refractivity contribution in [3.8, 4) is 17.6 Å². The predicted octanol–water partition coefficient (Wildman–Crippen LogP) is 2.32. The van der Waals surface area contributed by atoms with E-state index in [1.165, 1.54) is 0 Å². The molecule has 3 rings (SSSR count). The maximum absolute atomic E-state index is 12.2. The maximum Gasteiger partial charge on any atom is 0.231 e. The van der Waals surface area contributed by atoms with Crippen LogP contribution in [-0.4, -0.2) is 12.6 Å². The van der Waals surface area contributed by atoms with E-state index in [0.29, 0.717) is 5.75 Å². The normalized spacial score (nSPS) is 18.8. The fourth-order valence-electron chi connectivity index (χ4n) is 2.69. The second-order valence-electron chi connectivity index (χ2n) is 4.76. The number of carbonyl (C=O) groups excluding carboxylic acids is 1. The first-order valence-electron chi connectivity index (χ1n) is 6.07. The van der Waals surface area contributed by atoms with Crippen molar-refractivity contribution < 1.29 is 14.3 Å². The molecule has 1 saturated carbocycles. The van der Waals surface area contributed by atoms with Crippen LogP contribution in [-0.2, 0) is 10.2 Å². The number of ether oxygens (including phenoxy) is 2. The van der Waals surface area contributed by atoms with Gasteiger partial charge in [0.25, 0.3) is 0 Å². The lowest BCUT2D eigenvalue weighted by Crippen LogP contribution is -2.42. The van der Waals surface area contributed by atoms with Gasteiger partial charge in [0.05, 0.1) is 17.9 Å². The molecule has 0 radical (unpaired) electrons. The largest absolute Gasteiger partial charge is 0.454 e. The first-order valence-corrected chi connectivity index (χ1v) is 6.07. The van der Waals surface area contributed by atoms with Crippen LogP contribution in [0.5, 0.6) is 11.5 Å². The van der Waals surface area contributed by atoms with E-state index in [9.17, 15) is 4.79 Å². The Hall–Kier alpha value is -2.02. The van der Waals surface area contributed by atoms with Gasteiger partial charge < -0.3 is 9.47 Å². The van der Waals surface area contributed by atoms with Crippen LogP contribution in [0.3, 0.4) is 0 Å². The van der Waals surface area contributed by atoms with E-state index in [4.69, 9.17) is 14.7 Å². The van der Waals surface area contributed by atoms with Gasteiger partial charge in [0.1, 0.15) is 0 Å². The summed E-state index contributed by atoms with van der Waals surface area (Å²) in [6.07, 6.45) is 2.67. The van der Waals surface area contributed by atoms with Crippen molar-refractivity contribution in [3.05, 3.63) is 23.8 Å². The second kappa shape index (κ2) is 4.02. The van der Waals surface area contributed by atoms with Crippen molar-refractivity contribution in [1.29, 1.82) is 5.26 Å². The fraction of sp³-hybridized carbons (Fsp3) is 0.429. The minimum absolute atomic E-state index is 0.0194. The quantitative estimate of drug-likeness (QED) is 0.817. The molecular weight excluding hydrogens is 230 g/mol. The highest BCUT2D eigenvalue weighted by Crippen LogP contribution is 2.47. The molecule has 1 aromatic rings. The van der Waals surface area contributed by atoms with Crippen LogP contribution in [0, 0.1) is 11.3 Å². The van der Waals surface area contributed by atoms with Crippen LogP contribution in [0.4, 0.5) is 0 Å². The van der Waals surface area contributed by atoms with Gasteiger partial charge in [-0.15, -0.1) is 0 Å². The van der Waals surface area contributed by atoms with Crippen LogP contribution in [0.2, 0.25) is 0 Å². The van der Waals surface area contributed by atoms with Crippen LogP contribution < -0.4 is 9.47 Å². The Morgan fingerprint density at radius 3 is 2.78 bits per heavy atom. The van der Waals surface area contributed by atoms with Crippen LogP contribution in [0.15, 0.2) is 18.2 Å². The minimum Gasteiger partial charge on any atom is -0.454 e. The van der Waals surface area contributed by atoms with Gasteiger partial charge >= 0.3 is 0 Å². The molecule has 1 aliphatic heterocycles. The average Bonchev–Trinajstić information content (AvgIpc) is 2.75. The Labute approximate surface area is 105 Å². The van der Waals surface area contributed by atoms with Crippen molar-refractivity contribution in [2.75, 3.05) is 6.79 Å². The predicted molar refractivity (Wildman–Crippen MR) is 63.3 cm³/mol. The Balaban J connectivity index is 1.97. The topological polar surface area (TPSA) is 59.3 Å². The third kappa shape index (κ3) is 1.47. The number of ketones is 1. The van der Waals surface area contributed by atoms with Gasteiger partial charge in [-0.25, -0.2) is 0 Å². The summed E-state index contributed by atoms with van der Waals surface area (Å²) in [7, 11) is 0. The van der Waals surface area contributed by atoms with E-state index < -0.39 is 5.41 Å². The molecule has 0 unspecified atom stereocenters. The van der Waals surface area contributed by atoms with Gasteiger partial charge in [-0.3, -0.25) is 4.79 Å². The Kier molecular flexibility index (Phi) is 2.48. The standard InChI is InChI=1S/C14H13NO3/c15-7-4-13(16)14(5-1-6-14)10-2-3-11-12(8-10)18-9-17-11/h2-3,8H,1,4-6,9H2. The molecule has 1 aliphatic carbocycles. The molecule has 92 valence electrons. The van der Waals surface area contributed by atoms with Crippen LogP contribution in [0.1, 0.15) is 31.2 Å². The van der Waals surface area contributed by atoms with Crippen molar-refractivity contribution >= 4 is 5.78 Å². The van der Waals surface area contributed by atoms with Gasteiger partial charge in [-0.1, -0.05) is 12.5 Å². The molecule has 4 nitrogen and oxygen atoms in total. The number of fused-ring (bicyclic) bond motifs is 1. The summed E-state index contributed by atoms with van der Waals surface area (Å²) < 4.78 is 10.6. The highest BCUT2D eigenvalue weighted by Gasteiger charge is 2.45. The molecule has 1 fully saturated rings. The molecule has 2 aliphatic rings. The molecule has 0 saturated heterocycles. The van der Waals surface area contributed by atoms with Gasteiger partial charge in [-0.05, 0) is 30.5 Å². The molecule has 4 heteroatoms. The molecule has 1 aromatic carbocycles. The van der Waals surface area contributed by atoms with Gasteiger partial charge in [0.15, 0.2) is 17.3 Å². The average molecular weight is 243 g/mol. The second-order valence-corrected chi connectivity index (χ2v) is 4.76. The highest BCUT2D eigenvalue weighted by atomic mass is 16.7. The van der Waals surface area contributed by atoms with Crippen molar-refractivity contribution in [1.82, 2.24) is 0 Å². The van der Waals surface area contributed by atoms with E-state index in [2.05, 4.69) is 0 Å². The molecule has 0 N–H and O–H groups in total. The first kappa shape index (κ1) is 11.1. The van der Waals surface area contributed by atoms with E-state index in [1.54, 1.807) is 0 Å². The number of rotatable bonds is 3. The number of benzene rings is 1. The molecule has 0 atom stereocenters. The van der Waals surface area contributed by atoms with Crippen molar-refractivity contribution in [2.45, 2.75) is 31.1 Å². The lowest BCUT2D eigenvalue weighted by atomic mass is 9.61. The Morgan fingerprint density at radius 2 is 2.11 bits per heavy atom. The summed E-state index contributed by atoms with van der Waals surface area (Å²) in [5.74, 6) is 1.44. The number of Topliss-reactive ketones (excluding diaryl/α,β-unsaturated/α-hetero) is 1. The molecular formula is C14H13NO3.